The lowest BCUT2D eigenvalue weighted by Gasteiger charge is -2.14. The van der Waals surface area contributed by atoms with Crippen molar-refractivity contribution >= 4 is 92.3 Å². The second-order valence-electron chi connectivity index (χ2n) is 13.3. The van der Waals surface area contributed by atoms with Crippen LogP contribution in [0.25, 0.3) is 110 Å². The van der Waals surface area contributed by atoms with Crippen molar-refractivity contribution in [1.29, 1.82) is 0 Å². The Hall–Kier alpha value is -6.78. The first-order chi connectivity index (χ1) is 24.8. The SMILES string of the molecule is c1ccc2c(-c3nc(-n4c5ccc6ccccc6c5c5cc6c7ccccc7n7c8ccccc8c(c54)c67)c4ccccc4n3)cccc2c1. The standard InChI is InChI=1S/C46H26N4/c1-3-15-29-27(12-1)14-11-20-32(29)45-47-37-21-8-5-18-33(37)46(48-45)50-40-25-24-28-13-2-4-16-30(28)41(40)36-26-35-31-17-6-9-22-38(31)49-39-23-10-7-19-34(39)42(43(35)49)44(36)50/h1-26H. The molecule has 4 nitrogen and oxygen atoms in total. The molecule has 0 aliphatic rings. The Bertz CT molecular complexity index is 3380. The maximum atomic E-state index is 5.56. The fourth-order valence-corrected chi connectivity index (χ4v) is 8.77. The summed E-state index contributed by atoms with van der Waals surface area (Å²) in [5.41, 5.74) is 7.95. The van der Waals surface area contributed by atoms with Gasteiger partial charge in [-0.1, -0.05) is 121 Å². The number of para-hydroxylation sites is 3. The van der Waals surface area contributed by atoms with Crippen LogP contribution < -0.4 is 0 Å². The summed E-state index contributed by atoms with van der Waals surface area (Å²) in [5.74, 6) is 1.61. The third kappa shape index (κ3) is 3.25. The molecule has 0 spiro atoms. The number of benzene rings is 8. The first-order valence-corrected chi connectivity index (χ1v) is 17.1. The highest BCUT2D eigenvalue weighted by molar-refractivity contribution is 6.36. The minimum Gasteiger partial charge on any atom is -0.308 e. The van der Waals surface area contributed by atoms with E-state index in [0.29, 0.717) is 0 Å². The molecule has 0 saturated heterocycles. The van der Waals surface area contributed by atoms with Gasteiger partial charge in [0, 0.05) is 43.3 Å². The molecule has 0 N–H and O–H groups in total. The fourth-order valence-electron chi connectivity index (χ4n) is 8.77. The molecule has 0 radical (unpaired) electrons. The van der Waals surface area contributed by atoms with Crippen molar-refractivity contribution < 1.29 is 0 Å². The highest BCUT2D eigenvalue weighted by Crippen LogP contribution is 2.48. The van der Waals surface area contributed by atoms with Crippen LogP contribution in [-0.4, -0.2) is 18.9 Å². The minimum absolute atomic E-state index is 0.721. The third-order valence-electron chi connectivity index (χ3n) is 10.8. The Morgan fingerprint density at radius 2 is 1.02 bits per heavy atom. The van der Waals surface area contributed by atoms with Gasteiger partial charge in [-0.3, -0.25) is 4.57 Å². The van der Waals surface area contributed by atoms with Gasteiger partial charge in [0.15, 0.2) is 5.82 Å². The summed E-state index contributed by atoms with van der Waals surface area (Å²) in [4.78, 5) is 10.8. The van der Waals surface area contributed by atoms with Crippen LogP contribution in [0.5, 0.6) is 0 Å². The molecule has 4 heterocycles. The predicted octanol–water partition coefficient (Wildman–Crippen LogP) is 11.9. The summed E-state index contributed by atoms with van der Waals surface area (Å²) in [6.45, 7) is 0. The quantitative estimate of drug-likeness (QED) is 0.190. The van der Waals surface area contributed by atoms with Crippen LogP contribution in [0.1, 0.15) is 0 Å². The molecular weight excluding hydrogens is 609 g/mol. The Morgan fingerprint density at radius 1 is 0.380 bits per heavy atom. The van der Waals surface area contributed by atoms with Gasteiger partial charge in [-0.05, 0) is 57.9 Å². The highest BCUT2D eigenvalue weighted by atomic mass is 15.1. The van der Waals surface area contributed by atoms with Gasteiger partial charge >= 0.3 is 0 Å². The molecule has 50 heavy (non-hydrogen) atoms. The molecule has 12 rings (SSSR count). The van der Waals surface area contributed by atoms with Crippen LogP contribution >= 0.6 is 0 Å². The molecule has 4 aromatic heterocycles. The average molecular weight is 635 g/mol. The van der Waals surface area contributed by atoms with Crippen molar-refractivity contribution in [3.8, 4) is 17.2 Å². The van der Waals surface area contributed by atoms with Crippen LogP contribution in [0.15, 0.2) is 158 Å². The van der Waals surface area contributed by atoms with E-state index in [-0.39, 0.29) is 0 Å². The third-order valence-corrected chi connectivity index (χ3v) is 10.8. The molecule has 0 amide bonds. The Morgan fingerprint density at radius 3 is 1.86 bits per heavy atom. The summed E-state index contributed by atoms with van der Waals surface area (Å²) >= 11 is 0. The summed E-state index contributed by atoms with van der Waals surface area (Å²) in [6.07, 6.45) is 0. The zero-order valence-electron chi connectivity index (χ0n) is 26.8. The molecule has 0 aliphatic carbocycles. The second kappa shape index (κ2) is 9.43. The van der Waals surface area contributed by atoms with E-state index in [1.165, 1.54) is 70.5 Å². The largest absolute Gasteiger partial charge is 0.308 e. The fraction of sp³-hybridized carbons (Fsp3) is 0. The average Bonchev–Trinajstić information content (AvgIpc) is 3.82. The van der Waals surface area contributed by atoms with E-state index in [0.717, 1.165) is 39.0 Å². The molecule has 0 saturated carbocycles. The highest BCUT2D eigenvalue weighted by Gasteiger charge is 2.26. The van der Waals surface area contributed by atoms with E-state index in [1.807, 2.05) is 0 Å². The number of nitrogens with zero attached hydrogens (tertiary/aromatic N) is 4. The summed E-state index contributed by atoms with van der Waals surface area (Å²) in [5, 5.41) is 13.3. The molecular formula is C46H26N4. The molecule has 8 aromatic carbocycles. The topological polar surface area (TPSA) is 35.1 Å². The molecule has 12 aromatic rings. The molecule has 0 unspecified atom stereocenters. The van der Waals surface area contributed by atoms with Gasteiger partial charge in [-0.15, -0.1) is 0 Å². The minimum atomic E-state index is 0.721. The lowest BCUT2D eigenvalue weighted by molar-refractivity contribution is 1.08. The number of hydrogen-bond donors (Lipinski definition) is 0. The van der Waals surface area contributed by atoms with Crippen LogP contribution in [0.3, 0.4) is 0 Å². The van der Waals surface area contributed by atoms with Crippen LogP contribution in [0.4, 0.5) is 0 Å². The zero-order valence-corrected chi connectivity index (χ0v) is 26.8. The van der Waals surface area contributed by atoms with E-state index in [4.69, 9.17) is 9.97 Å². The van der Waals surface area contributed by atoms with E-state index in [1.54, 1.807) is 0 Å². The normalized spacial score (nSPS) is 12.4. The van der Waals surface area contributed by atoms with Crippen molar-refractivity contribution in [2.24, 2.45) is 0 Å². The van der Waals surface area contributed by atoms with Crippen molar-refractivity contribution in [2.45, 2.75) is 0 Å². The monoisotopic (exact) mass is 634 g/mol. The summed E-state index contributed by atoms with van der Waals surface area (Å²) in [7, 11) is 0. The van der Waals surface area contributed by atoms with E-state index in [9.17, 15) is 0 Å². The predicted molar refractivity (Wildman–Crippen MR) is 209 cm³/mol. The first-order valence-electron chi connectivity index (χ1n) is 17.1. The number of fused-ring (bicyclic) bond motifs is 14. The number of hydrogen-bond acceptors (Lipinski definition) is 2. The smallest absolute Gasteiger partial charge is 0.162 e. The summed E-state index contributed by atoms with van der Waals surface area (Å²) < 4.78 is 4.91. The van der Waals surface area contributed by atoms with Gasteiger partial charge in [0.05, 0.1) is 33.1 Å². The molecule has 0 aliphatic heterocycles. The van der Waals surface area contributed by atoms with Crippen LogP contribution in [-0.2, 0) is 0 Å². The van der Waals surface area contributed by atoms with Crippen molar-refractivity contribution in [2.75, 3.05) is 0 Å². The maximum absolute atomic E-state index is 5.56. The van der Waals surface area contributed by atoms with E-state index in [2.05, 4.69) is 167 Å². The zero-order chi connectivity index (χ0) is 32.5. The van der Waals surface area contributed by atoms with Crippen molar-refractivity contribution in [3.63, 3.8) is 0 Å². The van der Waals surface area contributed by atoms with Crippen molar-refractivity contribution in [3.05, 3.63) is 158 Å². The number of aromatic nitrogens is 4. The van der Waals surface area contributed by atoms with Crippen LogP contribution in [0, 0.1) is 0 Å². The molecule has 0 bridgehead atoms. The Kier molecular flexibility index (Phi) is 4.94. The lowest BCUT2D eigenvalue weighted by Crippen LogP contribution is -2.03. The van der Waals surface area contributed by atoms with Gasteiger partial charge in [0.1, 0.15) is 5.82 Å². The van der Waals surface area contributed by atoms with E-state index >= 15 is 0 Å². The van der Waals surface area contributed by atoms with Gasteiger partial charge in [0.25, 0.3) is 0 Å². The Labute approximate surface area is 285 Å². The second-order valence-corrected chi connectivity index (χ2v) is 13.3. The van der Waals surface area contributed by atoms with Gasteiger partial charge in [-0.25, -0.2) is 9.97 Å². The van der Waals surface area contributed by atoms with Gasteiger partial charge < -0.3 is 4.40 Å². The molecule has 0 atom stereocenters. The van der Waals surface area contributed by atoms with Gasteiger partial charge in [-0.2, -0.15) is 0 Å². The van der Waals surface area contributed by atoms with Crippen LogP contribution in [0.2, 0.25) is 0 Å². The first kappa shape index (κ1) is 26.2. The van der Waals surface area contributed by atoms with E-state index < -0.39 is 0 Å². The van der Waals surface area contributed by atoms with Crippen molar-refractivity contribution in [1.82, 2.24) is 18.9 Å². The van der Waals surface area contributed by atoms with Gasteiger partial charge in [0.2, 0.25) is 0 Å². The molecule has 230 valence electrons. The molecule has 0 fully saturated rings. The maximum Gasteiger partial charge on any atom is 0.162 e. The molecule has 4 heteroatoms. The lowest BCUT2D eigenvalue weighted by atomic mass is 10.0. The summed E-state index contributed by atoms with van der Waals surface area (Å²) in [6, 6.07) is 56.8. The Balaban J connectivity index is 1.36. The number of rotatable bonds is 2.